The molecule has 2 nitrogen and oxygen atoms in total. The molecule has 1 heterocycles. The van der Waals surface area contributed by atoms with Crippen molar-refractivity contribution in [3.05, 3.63) is 48.2 Å². The summed E-state index contributed by atoms with van der Waals surface area (Å²) >= 11 is 0. The lowest BCUT2D eigenvalue weighted by atomic mass is 9.81. The summed E-state index contributed by atoms with van der Waals surface area (Å²) in [6.45, 7) is 0.668. The maximum absolute atomic E-state index is 6.07. The molecule has 0 amide bonds. The highest BCUT2D eigenvalue weighted by atomic mass is 16.6. The third-order valence-electron chi connectivity index (χ3n) is 4.05. The van der Waals surface area contributed by atoms with Gasteiger partial charge in [0, 0.05) is 0 Å². The molecule has 3 rings (SSSR count). The second-order valence-corrected chi connectivity index (χ2v) is 5.29. The van der Waals surface area contributed by atoms with Gasteiger partial charge in [0.2, 0.25) is 0 Å². The number of hydrogen-bond acceptors (Lipinski definition) is 2. The number of rotatable bonds is 3. The van der Waals surface area contributed by atoms with E-state index in [1.165, 1.54) is 24.8 Å². The first-order valence-corrected chi connectivity index (χ1v) is 6.89. The highest BCUT2D eigenvalue weighted by Gasteiger charge is 2.43. The molecule has 0 aromatic heterocycles. The first-order valence-electron chi connectivity index (χ1n) is 6.89. The smallest absolute Gasteiger partial charge is 0.138 e. The highest BCUT2D eigenvalue weighted by molar-refractivity contribution is 5.14. The van der Waals surface area contributed by atoms with E-state index < -0.39 is 0 Å². The SMILES string of the molecule is C1=CC(OCc2ccccc2)C2(CCCCC2)O1. The van der Waals surface area contributed by atoms with Crippen LogP contribution in [0.25, 0.3) is 0 Å². The van der Waals surface area contributed by atoms with Gasteiger partial charge in [-0.25, -0.2) is 0 Å². The Hall–Kier alpha value is -1.28. The molecule has 2 aliphatic rings. The first-order chi connectivity index (χ1) is 8.89. The van der Waals surface area contributed by atoms with Gasteiger partial charge >= 0.3 is 0 Å². The minimum atomic E-state index is -0.0625. The number of benzene rings is 1. The first kappa shape index (κ1) is 11.8. The van der Waals surface area contributed by atoms with Crippen molar-refractivity contribution in [2.45, 2.75) is 50.4 Å². The van der Waals surface area contributed by atoms with E-state index in [1.807, 2.05) is 12.3 Å². The summed E-state index contributed by atoms with van der Waals surface area (Å²) in [5.41, 5.74) is 1.16. The van der Waals surface area contributed by atoms with Crippen LogP contribution < -0.4 is 0 Å². The topological polar surface area (TPSA) is 18.5 Å². The molecule has 1 aromatic rings. The van der Waals surface area contributed by atoms with E-state index in [1.54, 1.807) is 0 Å². The van der Waals surface area contributed by atoms with Crippen LogP contribution in [0.4, 0.5) is 0 Å². The number of ether oxygens (including phenoxy) is 2. The Morgan fingerprint density at radius 3 is 2.67 bits per heavy atom. The van der Waals surface area contributed by atoms with Crippen LogP contribution in [0.1, 0.15) is 37.7 Å². The largest absolute Gasteiger partial charge is 0.492 e. The van der Waals surface area contributed by atoms with Gasteiger partial charge in [-0.1, -0.05) is 36.8 Å². The van der Waals surface area contributed by atoms with Gasteiger partial charge in [-0.15, -0.1) is 0 Å². The Bertz CT molecular complexity index is 404. The van der Waals surface area contributed by atoms with Crippen LogP contribution in [0.3, 0.4) is 0 Å². The molecule has 1 spiro atoms. The van der Waals surface area contributed by atoms with E-state index in [0.29, 0.717) is 6.61 Å². The third kappa shape index (κ3) is 2.30. The van der Waals surface area contributed by atoms with Gasteiger partial charge in [-0.05, 0) is 37.3 Å². The molecule has 1 saturated carbocycles. The van der Waals surface area contributed by atoms with Crippen LogP contribution in [0.15, 0.2) is 42.7 Å². The maximum Gasteiger partial charge on any atom is 0.138 e. The van der Waals surface area contributed by atoms with Crippen LogP contribution in [0, 0.1) is 0 Å². The summed E-state index contributed by atoms with van der Waals surface area (Å²) in [6, 6.07) is 10.3. The van der Waals surface area contributed by atoms with E-state index in [4.69, 9.17) is 9.47 Å². The zero-order valence-electron chi connectivity index (χ0n) is 10.7. The molecule has 18 heavy (non-hydrogen) atoms. The Morgan fingerprint density at radius 2 is 1.89 bits per heavy atom. The quantitative estimate of drug-likeness (QED) is 0.804. The average Bonchev–Trinajstić information content (AvgIpc) is 2.81. The monoisotopic (exact) mass is 244 g/mol. The molecule has 0 bridgehead atoms. The molecule has 1 fully saturated rings. The van der Waals surface area contributed by atoms with Gasteiger partial charge < -0.3 is 9.47 Å². The molecule has 1 unspecified atom stereocenters. The molecule has 0 radical (unpaired) electrons. The molecule has 1 aliphatic heterocycles. The summed E-state index contributed by atoms with van der Waals surface area (Å²) in [6.07, 6.45) is 10.1. The molecule has 0 saturated heterocycles. The molecular formula is C16H20O2. The molecule has 1 aromatic carbocycles. The normalized spacial score (nSPS) is 25.2. The molecule has 2 heteroatoms. The van der Waals surface area contributed by atoms with Crippen molar-refractivity contribution >= 4 is 0 Å². The minimum Gasteiger partial charge on any atom is -0.492 e. The molecule has 0 N–H and O–H groups in total. The summed E-state index contributed by atoms with van der Waals surface area (Å²) in [4.78, 5) is 0. The lowest BCUT2D eigenvalue weighted by Crippen LogP contribution is -2.42. The van der Waals surface area contributed by atoms with E-state index in [2.05, 4.69) is 30.3 Å². The summed E-state index contributed by atoms with van der Waals surface area (Å²) in [7, 11) is 0. The molecule has 96 valence electrons. The summed E-state index contributed by atoms with van der Waals surface area (Å²) < 4.78 is 11.9. The van der Waals surface area contributed by atoms with Crippen LogP contribution >= 0.6 is 0 Å². The van der Waals surface area contributed by atoms with Crippen molar-refractivity contribution < 1.29 is 9.47 Å². The average molecular weight is 244 g/mol. The third-order valence-corrected chi connectivity index (χ3v) is 4.05. The van der Waals surface area contributed by atoms with Gasteiger partial charge in [-0.3, -0.25) is 0 Å². The van der Waals surface area contributed by atoms with E-state index >= 15 is 0 Å². The zero-order chi connectivity index (χ0) is 12.3. The van der Waals surface area contributed by atoms with Gasteiger partial charge in [-0.2, -0.15) is 0 Å². The summed E-state index contributed by atoms with van der Waals surface area (Å²) in [5, 5.41) is 0. The summed E-state index contributed by atoms with van der Waals surface area (Å²) in [5.74, 6) is 0. The Balaban J connectivity index is 1.63. The van der Waals surface area contributed by atoms with E-state index in [-0.39, 0.29) is 11.7 Å². The van der Waals surface area contributed by atoms with Crippen LogP contribution in [0.2, 0.25) is 0 Å². The fraction of sp³-hybridized carbons (Fsp3) is 0.500. The van der Waals surface area contributed by atoms with Crippen LogP contribution in [-0.2, 0) is 16.1 Å². The van der Waals surface area contributed by atoms with Crippen molar-refractivity contribution in [2.75, 3.05) is 0 Å². The predicted octanol–water partition coefficient (Wildman–Crippen LogP) is 3.82. The van der Waals surface area contributed by atoms with Crippen molar-refractivity contribution in [3.8, 4) is 0 Å². The van der Waals surface area contributed by atoms with Gasteiger partial charge in [0.1, 0.15) is 11.7 Å². The Kier molecular flexibility index (Phi) is 3.37. The number of hydrogen-bond donors (Lipinski definition) is 0. The Labute approximate surface area is 109 Å². The van der Waals surface area contributed by atoms with Crippen LogP contribution in [0.5, 0.6) is 0 Å². The van der Waals surface area contributed by atoms with Gasteiger partial charge in [0.05, 0.1) is 12.9 Å². The lowest BCUT2D eigenvalue weighted by molar-refractivity contribution is -0.0966. The Morgan fingerprint density at radius 1 is 1.11 bits per heavy atom. The van der Waals surface area contributed by atoms with E-state index in [9.17, 15) is 0 Å². The van der Waals surface area contributed by atoms with Gasteiger partial charge in [0.25, 0.3) is 0 Å². The second kappa shape index (κ2) is 5.15. The predicted molar refractivity (Wildman–Crippen MR) is 71.1 cm³/mol. The van der Waals surface area contributed by atoms with Crippen molar-refractivity contribution in [2.24, 2.45) is 0 Å². The zero-order valence-corrected chi connectivity index (χ0v) is 10.7. The lowest BCUT2D eigenvalue weighted by Gasteiger charge is -2.37. The molecule has 1 atom stereocenters. The minimum absolute atomic E-state index is 0.0625. The van der Waals surface area contributed by atoms with Crippen molar-refractivity contribution in [1.29, 1.82) is 0 Å². The van der Waals surface area contributed by atoms with Crippen LogP contribution in [-0.4, -0.2) is 11.7 Å². The fourth-order valence-electron chi connectivity index (χ4n) is 3.01. The maximum atomic E-state index is 6.07. The van der Waals surface area contributed by atoms with E-state index in [0.717, 1.165) is 12.8 Å². The second-order valence-electron chi connectivity index (χ2n) is 5.29. The highest BCUT2D eigenvalue weighted by Crippen LogP contribution is 2.40. The van der Waals surface area contributed by atoms with Crippen molar-refractivity contribution in [1.82, 2.24) is 0 Å². The van der Waals surface area contributed by atoms with Gasteiger partial charge in [0.15, 0.2) is 0 Å². The van der Waals surface area contributed by atoms with Crippen molar-refractivity contribution in [3.63, 3.8) is 0 Å². The molecule has 1 aliphatic carbocycles. The molecular weight excluding hydrogens is 224 g/mol. The standard InChI is InChI=1S/C16H20O2/c1-3-7-14(8-4-1)13-17-15-9-12-18-16(15)10-5-2-6-11-16/h1,3-4,7-9,12,15H,2,5-6,10-11,13H2. The fourth-order valence-corrected chi connectivity index (χ4v) is 3.01.